The van der Waals surface area contributed by atoms with Crippen LogP contribution in [0.1, 0.15) is 36.7 Å². The smallest absolute Gasteiger partial charge is 0.378 e. The number of hydrogen-bond donors (Lipinski definition) is 1. The Kier molecular flexibility index (Phi) is 5.49. The Hall–Kier alpha value is -1.43. The lowest BCUT2D eigenvalue weighted by Crippen LogP contribution is -2.07. The normalized spacial score (nSPS) is 10.4. The van der Waals surface area contributed by atoms with E-state index in [1.807, 2.05) is 6.92 Å². The average Bonchev–Trinajstić information content (AvgIpc) is 2.73. The largest absolute Gasteiger partial charge is 0.460 e. The number of hydrogen-bond acceptors (Lipinski definition) is 5. The number of nitrogens with zero attached hydrogens (tertiary/aromatic N) is 2. The molecule has 0 spiro atoms. The second kappa shape index (κ2) is 6.95. The Morgan fingerprint density at radius 3 is 2.88 bits per heavy atom. The molecule has 0 unspecified atom stereocenters. The number of carbonyl (C=O) groups is 1. The zero-order valence-corrected chi connectivity index (χ0v) is 9.65. The van der Waals surface area contributed by atoms with Crippen LogP contribution in [0, 0.1) is 0 Å². The van der Waals surface area contributed by atoms with E-state index in [-0.39, 0.29) is 5.82 Å². The van der Waals surface area contributed by atoms with Crippen molar-refractivity contribution in [1.29, 1.82) is 0 Å². The van der Waals surface area contributed by atoms with Crippen LogP contribution in [-0.2, 0) is 15.9 Å². The molecule has 0 aliphatic heterocycles. The highest BCUT2D eigenvalue weighted by molar-refractivity contribution is 5.84. The standard InChI is InChI=1S/C10H17N3O3/c1-3-6-15-7-5-8-11-9(13-12-8)10(14)16-4-2/h3-7H2,1-2H3,(H,11,12,13). The quantitative estimate of drug-likeness (QED) is 0.554. The molecule has 0 fully saturated rings. The van der Waals surface area contributed by atoms with Crippen molar-refractivity contribution in [3.8, 4) is 0 Å². The van der Waals surface area contributed by atoms with Crippen LogP contribution in [-0.4, -0.2) is 41.0 Å². The number of nitrogens with one attached hydrogen (secondary N) is 1. The number of esters is 1. The van der Waals surface area contributed by atoms with Gasteiger partial charge in [0.2, 0.25) is 0 Å². The molecule has 90 valence electrons. The maximum absolute atomic E-state index is 11.2. The van der Waals surface area contributed by atoms with E-state index in [4.69, 9.17) is 9.47 Å². The number of aromatic nitrogens is 3. The molecular formula is C10H17N3O3. The zero-order valence-electron chi connectivity index (χ0n) is 9.65. The number of rotatable bonds is 7. The summed E-state index contributed by atoms with van der Waals surface area (Å²) in [5.41, 5.74) is 0. The van der Waals surface area contributed by atoms with E-state index in [0.717, 1.165) is 13.0 Å². The first-order valence-corrected chi connectivity index (χ1v) is 5.44. The second-order valence-electron chi connectivity index (χ2n) is 3.19. The highest BCUT2D eigenvalue weighted by Crippen LogP contribution is 1.97. The van der Waals surface area contributed by atoms with Crippen molar-refractivity contribution in [3.05, 3.63) is 11.6 Å². The molecule has 1 aromatic rings. The first-order chi connectivity index (χ1) is 7.77. The first kappa shape index (κ1) is 12.6. The average molecular weight is 227 g/mol. The van der Waals surface area contributed by atoms with Crippen LogP contribution in [0.15, 0.2) is 0 Å². The molecule has 0 saturated heterocycles. The summed E-state index contributed by atoms with van der Waals surface area (Å²) < 4.78 is 10.1. The minimum atomic E-state index is -0.500. The molecule has 6 nitrogen and oxygen atoms in total. The zero-order chi connectivity index (χ0) is 11.8. The summed E-state index contributed by atoms with van der Waals surface area (Å²) in [4.78, 5) is 15.2. The van der Waals surface area contributed by atoms with Gasteiger partial charge in [-0.2, -0.15) is 0 Å². The molecule has 0 saturated carbocycles. The topological polar surface area (TPSA) is 77.1 Å². The number of H-pyrrole nitrogens is 1. The Balaban J connectivity index is 2.36. The van der Waals surface area contributed by atoms with Crippen LogP contribution in [0.4, 0.5) is 0 Å². The SMILES string of the molecule is CCCOCCc1nc(C(=O)OCC)n[nH]1. The maximum Gasteiger partial charge on any atom is 0.378 e. The van der Waals surface area contributed by atoms with Crippen molar-refractivity contribution in [2.45, 2.75) is 26.7 Å². The third-order valence-electron chi connectivity index (χ3n) is 1.82. The summed E-state index contributed by atoms with van der Waals surface area (Å²) >= 11 is 0. The lowest BCUT2D eigenvalue weighted by molar-refractivity contribution is 0.0512. The fourth-order valence-corrected chi connectivity index (χ4v) is 1.11. The van der Waals surface area contributed by atoms with E-state index in [9.17, 15) is 4.79 Å². The predicted molar refractivity (Wildman–Crippen MR) is 57.2 cm³/mol. The molecule has 0 aliphatic rings. The Labute approximate surface area is 94.4 Å². The van der Waals surface area contributed by atoms with Crippen LogP contribution >= 0.6 is 0 Å². The number of aromatic amines is 1. The summed E-state index contributed by atoms with van der Waals surface area (Å²) in [5.74, 6) is 0.214. The fraction of sp³-hybridized carbons (Fsp3) is 0.700. The Bertz CT molecular complexity index is 325. The number of carbonyl (C=O) groups excluding carboxylic acids is 1. The molecule has 0 radical (unpaired) electrons. The molecule has 1 heterocycles. The molecule has 0 amide bonds. The van der Waals surface area contributed by atoms with Gasteiger partial charge in [0, 0.05) is 13.0 Å². The fourth-order valence-electron chi connectivity index (χ4n) is 1.11. The van der Waals surface area contributed by atoms with Crippen LogP contribution in [0.3, 0.4) is 0 Å². The molecule has 0 bridgehead atoms. The van der Waals surface area contributed by atoms with Crippen molar-refractivity contribution in [3.63, 3.8) is 0 Å². The summed E-state index contributed by atoms with van der Waals surface area (Å²) in [5, 5.41) is 6.45. The van der Waals surface area contributed by atoms with Gasteiger partial charge < -0.3 is 9.47 Å². The van der Waals surface area contributed by atoms with Crippen LogP contribution < -0.4 is 0 Å². The van der Waals surface area contributed by atoms with Gasteiger partial charge in [-0.3, -0.25) is 5.10 Å². The van der Waals surface area contributed by atoms with Crippen LogP contribution in [0.5, 0.6) is 0 Å². The lowest BCUT2D eigenvalue weighted by Gasteiger charge is -1.98. The third-order valence-corrected chi connectivity index (χ3v) is 1.82. The highest BCUT2D eigenvalue weighted by atomic mass is 16.5. The van der Waals surface area contributed by atoms with E-state index >= 15 is 0 Å². The number of ether oxygens (including phenoxy) is 2. The molecule has 16 heavy (non-hydrogen) atoms. The molecule has 0 aliphatic carbocycles. The monoisotopic (exact) mass is 227 g/mol. The molecule has 1 N–H and O–H groups in total. The van der Waals surface area contributed by atoms with Crippen molar-refractivity contribution >= 4 is 5.97 Å². The van der Waals surface area contributed by atoms with E-state index in [0.29, 0.717) is 25.5 Å². The van der Waals surface area contributed by atoms with E-state index in [2.05, 4.69) is 15.2 Å². The molecule has 6 heteroatoms. The summed E-state index contributed by atoms with van der Waals surface area (Å²) in [6.45, 7) is 5.42. The predicted octanol–water partition coefficient (Wildman–Crippen LogP) is 0.950. The molecule has 0 aromatic carbocycles. The van der Waals surface area contributed by atoms with Gasteiger partial charge in [0.15, 0.2) is 0 Å². The second-order valence-corrected chi connectivity index (χ2v) is 3.19. The van der Waals surface area contributed by atoms with E-state index < -0.39 is 5.97 Å². The summed E-state index contributed by atoms with van der Waals surface area (Å²) in [7, 11) is 0. The minimum Gasteiger partial charge on any atom is -0.460 e. The minimum absolute atomic E-state index is 0.0762. The van der Waals surface area contributed by atoms with Gasteiger partial charge in [0.25, 0.3) is 5.82 Å². The summed E-state index contributed by atoms with van der Waals surface area (Å²) in [6.07, 6.45) is 1.61. The third kappa shape index (κ3) is 3.98. The van der Waals surface area contributed by atoms with Gasteiger partial charge in [-0.25, -0.2) is 9.78 Å². The van der Waals surface area contributed by atoms with Crippen molar-refractivity contribution < 1.29 is 14.3 Å². The molecule has 0 atom stereocenters. The first-order valence-electron chi connectivity index (χ1n) is 5.44. The van der Waals surface area contributed by atoms with Gasteiger partial charge in [-0.1, -0.05) is 6.92 Å². The van der Waals surface area contributed by atoms with Crippen molar-refractivity contribution in [2.24, 2.45) is 0 Å². The van der Waals surface area contributed by atoms with Gasteiger partial charge >= 0.3 is 5.97 Å². The van der Waals surface area contributed by atoms with Crippen LogP contribution in [0.25, 0.3) is 0 Å². The lowest BCUT2D eigenvalue weighted by atomic mass is 10.4. The van der Waals surface area contributed by atoms with Gasteiger partial charge in [0.1, 0.15) is 5.82 Å². The maximum atomic E-state index is 11.2. The Morgan fingerprint density at radius 1 is 1.38 bits per heavy atom. The molecule has 1 aromatic heterocycles. The highest BCUT2D eigenvalue weighted by Gasteiger charge is 2.12. The van der Waals surface area contributed by atoms with E-state index in [1.165, 1.54) is 0 Å². The van der Waals surface area contributed by atoms with Crippen molar-refractivity contribution in [2.75, 3.05) is 19.8 Å². The van der Waals surface area contributed by atoms with Crippen molar-refractivity contribution in [1.82, 2.24) is 15.2 Å². The van der Waals surface area contributed by atoms with Gasteiger partial charge in [-0.05, 0) is 13.3 Å². The summed E-state index contributed by atoms with van der Waals surface area (Å²) in [6, 6.07) is 0. The van der Waals surface area contributed by atoms with Gasteiger partial charge in [-0.15, -0.1) is 5.10 Å². The molecular weight excluding hydrogens is 210 g/mol. The molecule has 1 rings (SSSR count). The van der Waals surface area contributed by atoms with E-state index in [1.54, 1.807) is 6.92 Å². The van der Waals surface area contributed by atoms with Crippen LogP contribution in [0.2, 0.25) is 0 Å². The Morgan fingerprint density at radius 2 is 2.19 bits per heavy atom. The van der Waals surface area contributed by atoms with Gasteiger partial charge in [0.05, 0.1) is 13.2 Å².